The molecule has 0 amide bonds. The second-order valence-electron chi connectivity index (χ2n) is 5.79. The lowest BCUT2D eigenvalue weighted by atomic mass is 9.87. The molecule has 3 aromatic rings. The van der Waals surface area contributed by atoms with Gasteiger partial charge in [0.25, 0.3) is 0 Å². The monoisotopic (exact) mass is 321 g/mol. The van der Waals surface area contributed by atoms with Crippen molar-refractivity contribution in [2.45, 2.75) is 12.3 Å². The smallest absolute Gasteiger partial charge is 0.374 e. The number of Topliss-reactive ketones (excluding diaryl/α,β-unsaturated/α-hetero) is 1. The van der Waals surface area contributed by atoms with Crippen molar-refractivity contribution < 1.29 is 14.3 Å². The van der Waals surface area contributed by atoms with E-state index in [0.29, 0.717) is 0 Å². The Morgan fingerprint density at radius 3 is 2.42 bits per heavy atom. The molecule has 122 valence electrons. The van der Waals surface area contributed by atoms with E-state index in [4.69, 9.17) is 0 Å². The van der Waals surface area contributed by atoms with Crippen molar-refractivity contribution in [2.75, 3.05) is 7.11 Å². The molecular formula is C20H19NO3. The first-order valence-electron chi connectivity index (χ1n) is 7.82. The van der Waals surface area contributed by atoms with Crippen LogP contribution in [0.5, 0.6) is 0 Å². The number of hydrogen-bond acceptors (Lipinski definition) is 3. The number of rotatable bonds is 5. The second kappa shape index (κ2) is 6.71. The molecule has 1 heterocycles. The minimum absolute atomic E-state index is 0.0880. The Hall–Kier alpha value is -2.88. The van der Waals surface area contributed by atoms with Gasteiger partial charge in [-0.15, -0.1) is 0 Å². The average Bonchev–Trinajstić information content (AvgIpc) is 2.96. The maximum absolute atomic E-state index is 12.2. The number of methoxy groups -OCH3 is 1. The van der Waals surface area contributed by atoms with Gasteiger partial charge in [0.15, 0.2) is 0 Å². The third-order valence-electron chi connectivity index (χ3n) is 4.31. The number of nitrogens with zero attached hydrogens (tertiary/aromatic N) is 1. The molecule has 0 spiro atoms. The topological polar surface area (TPSA) is 48.3 Å². The zero-order valence-electron chi connectivity index (χ0n) is 13.7. The third-order valence-corrected chi connectivity index (χ3v) is 4.31. The summed E-state index contributed by atoms with van der Waals surface area (Å²) in [4.78, 5) is 23.8. The highest BCUT2D eigenvalue weighted by Gasteiger charge is 2.25. The molecule has 1 unspecified atom stereocenters. The van der Waals surface area contributed by atoms with Crippen molar-refractivity contribution in [1.82, 2.24) is 4.57 Å². The van der Waals surface area contributed by atoms with Gasteiger partial charge in [0.2, 0.25) is 5.78 Å². The van der Waals surface area contributed by atoms with Crippen molar-refractivity contribution in [3.05, 3.63) is 71.9 Å². The summed E-state index contributed by atoms with van der Waals surface area (Å²) in [6.07, 6.45) is 2.12. The quantitative estimate of drug-likeness (QED) is 0.534. The Bertz CT molecular complexity index is 880. The van der Waals surface area contributed by atoms with E-state index >= 15 is 0 Å². The Labute approximate surface area is 140 Å². The molecule has 0 bridgehead atoms. The zero-order chi connectivity index (χ0) is 17.1. The molecule has 0 fully saturated rings. The number of aromatic nitrogens is 1. The number of hydrogen-bond donors (Lipinski definition) is 0. The van der Waals surface area contributed by atoms with Gasteiger partial charge in [0, 0.05) is 36.5 Å². The van der Waals surface area contributed by atoms with Crippen molar-refractivity contribution in [3.8, 4) is 0 Å². The van der Waals surface area contributed by atoms with Crippen LogP contribution < -0.4 is 0 Å². The Morgan fingerprint density at radius 2 is 1.71 bits per heavy atom. The highest BCUT2D eigenvalue weighted by molar-refractivity contribution is 6.33. The molecule has 0 aliphatic carbocycles. The highest BCUT2D eigenvalue weighted by Crippen LogP contribution is 2.34. The lowest BCUT2D eigenvalue weighted by molar-refractivity contribution is -0.151. The first kappa shape index (κ1) is 16.0. The van der Waals surface area contributed by atoms with Gasteiger partial charge in [0.1, 0.15) is 0 Å². The molecule has 4 heteroatoms. The number of fused-ring (bicyclic) bond motifs is 1. The zero-order valence-corrected chi connectivity index (χ0v) is 13.7. The molecule has 0 saturated carbocycles. The number of carbonyl (C=O) groups is 2. The van der Waals surface area contributed by atoms with Crippen LogP contribution in [0, 0.1) is 0 Å². The van der Waals surface area contributed by atoms with Gasteiger partial charge in [-0.3, -0.25) is 4.79 Å². The Balaban J connectivity index is 2.10. The van der Waals surface area contributed by atoms with E-state index in [9.17, 15) is 9.59 Å². The first-order chi connectivity index (χ1) is 11.6. The molecule has 0 aliphatic heterocycles. The van der Waals surface area contributed by atoms with Gasteiger partial charge in [-0.2, -0.15) is 0 Å². The number of ketones is 1. The summed E-state index contributed by atoms with van der Waals surface area (Å²) in [5, 5.41) is 1.09. The molecule has 0 radical (unpaired) electrons. The molecule has 1 aromatic heterocycles. The van der Waals surface area contributed by atoms with E-state index in [1.54, 1.807) is 0 Å². The van der Waals surface area contributed by atoms with E-state index in [-0.39, 0.29) is 12.3 Å². The predicted molar refractivity (Wildman–Crippen MR) is 92.8 cm³/mol. The molecule has 4 nitrogen and oxygen atoms in total. The number of esters is 1. The molecule has 0 N–H and O–H groups in total. The molecule has 2 aromatic carbocycles. The van der Waals surface area contributed by atoms with E-state index in [2.05, 4.69) is 4.74 Å². The lowest BCUT2D eigenvalue weighted by Crippen LogP contribution is -2.19. The van der Waals surface area contributed by atoms with Crippen LogP contribution in [-0.2, 0) is 21.4 Å². The molecule has 3 rings (SSSR count). The molecule has 1 atom stereocenters. The fraction of sp³-hybridized carbons (Fsp3) is 0.200. The predicted octanol–water partition coefficient (Wildman–Crippen LogP) is 3.44. The van der Waals surface area contributed by atoms with E-state index in [1.807, 2.05) is 72.4 Å². The number of carbonyl (C=O) groups excluding carboxylic acids is 2. The second-order valence-corrected chi connectivity index (χ2v) is 5.79. The molecule has 0 saturated heterocycles. The fourth-order valence-electron chi connectivity index (χ4n) is 3.13. The number of ether oxygens (including phenoxy) is 1. The van der Waals surface area contributed by atoms with E-state index in [1.165, 1.54) is 7.11 Å². The normalized spacial score (nSPS) is 12.1. The standard InChI is InChI=1S/C20H19NO3/c1-21-13-17(15-10-6-7-11-18(15)21)16(12-19(22)20(23)24-2)14-8-4-3-5-9-14/h3-11,13,16H,12H2,1-2H3. The van der Waals surface area contributed by atoms with Gasteiger partial charge in [-0.25, -0.2) is 4.79 Å². The van der Waals surface area contributed by atoms with Gasteiger partial charge >= 0.3 is 5.97 Å². The maximum Gasteiger partial charge on any atom is 0.374 e. The van der Waals surface area contributed by atoms with Crippen molar-refractivity contribution in [3.63, 3.8) is 0 Å². The maximum atomic E-state index is 12.2. The van der Waals surface area contributed by atoms with Crippen LogP contribution in [0.1, 0.15) is 23.5 Å². The number of aryl methyl sites for hydroxylation is 1. The molecule has 24 heavy (non-hydrogen) atoms. The number of benzene rings is 2. The largest absolute Gasteiger partial charge is 0.463 e. The van der Waals surface area contributed by atoms with Crippen LogP contribution in [0.2, 0.25) is 0 Å². The van der Waals surface area contributed by atoms with Crippen LogP contribution in [0.25, 0.3) is 10.9 Å². The summed E-state index contributed by atoms with van der Waals surface area (Å²) in [6, 6.07) is 17.8. The number of para-hydroxylation sites is 1. The molecular weight excluding hydrogens is 302 g/mol. The van der Waals surface area contributed by atoms with Crippen LogP contribution in [0.15, 0.2) is 60.8 Å². The minimum Gasteiger partial charge on any atom is -0.463 e. The van der Waals surface area contributed by atoms with Crippen molar-refractivity contribution in [2.24, 2.45) is 7.05 Å². The Morgan fingerprint density at radius 1 is 1.04 bits per heavy atom. The summed E-state index contributed by atoms with van der Waals surface area (Å²) in [5.41, 5.74) is 3.14. The summed E-state index contributed by atoms with van der Waals surface area (Å²) < 4.78 is 6.63. The lowest BCUT2D eigenvalue weighted by Gasteiger charge is -2.16. The van der Waals surface area contributed by atoms with Gasteiger partial charge in [-0.1, -0.05) is 48.5 Å². The highest BCUT2D eigenvalue weighted by atomic mass is 16.5. The summed E-state index contributed by atoms with van der Waals surface area (Å²) in [7, 11) is 3.21. The van der Waals surface area contributed by atoms with Crippen LogP contribution in [0.3, 0.4) is 0 Å². The Kier molecular flexibility index (Phi) is 4.47. The van der Waals surface area contributed by atoms with Gasteiger partial charge in [-0.05, 0) is 17.2 Å². The van der Waals surface area contributed by atoms with Gasteiger partial charge in [0.05, 0.1) is 7.11 Å². The average molecular weight is 321 g/mol. The van der Waals surface area contributed by atoms with Crippen molar-refractivity contribution >= 4 is 22.7 Å². The first-order valence-corrected chi connectivity index (χ1v) is 7.82. The third kappa shape index (κ3) is 2.95. The van der Waals surface area contributed by atoms with E-state index in [0.717, 1.165) is 22.0 Å². The minimum atomic E-state index is -0.795. The van der Waals surface area contributed by atoms with Crippen LogP contribution in [0.4, 0.5) is 0 Å². The van der Waals surface area contributed by atoms with E-state index < -0.39 is 11.8 Å². The SMILES string of the molecule is COC(=O)C(=O)CC(c1ccccc1)c1cn(C)c2ccccc12. The summed E-state index contributed by atoms with van der Waals surface area (Å²) in [6.45, 7) is 0. The molecule has 0 aliphatic rings. The van der Waals surface area contributed by atoms with Crippen molar-refractivity contribution in [1.29, 1.82) is 0 Å². The summed E-state index contributed by atoms with van der Waals surface area (Å²) in [5.74, 6) is -1.50. The summed E-state index contributed by atoms with van der Waals surface area (Å²) >= 11 is 0. The van der Waals surface area contributed by atoms with Gasteiger partial charge < -0.3 is 9.30 Å². The van der Waals surface area contributed by atoms with Crippen LogP contribution in [-0.4, -0.2) is 23.4 Å². The van der Waals surface area contributed by atoms with Crippen LogP contribution >= 0.6 is 0 Å². The fourth-order valence-corrected chi connectivity index (χ4v) is 3.13.